The van der Waals surface area contributed by atoms with Crippen LogP contribution >= 0.6 is 0 Å². The number of carbonyl (C=O) groups excluding carboxylic acids is 5. The number of primary amides is 1. The Labute approximate surface area is 252 Å². The van der Waals surface area contributed by atoms with Crippen molar-refractivity contribution in [1.82, 2.24) is 30.8 Å². The Bertz CT molecular complexity index is 1180. The van der Waals surface area contributed by atoms with E-state index in [9.17, 15) is 43.8 Å². The molecule has 18 nitrogen and oxygen atoms in total. The number of aromatic amines is 1. The van der Waals surface area contributed by atoms with Crippen LogP contribution < -0.4 is 33.2 Å². The molecule has 0 bridgehead atoms. The number of likely N-dealkylation sites (tertiary alicyclic amines) is 1. The van der Waals surface area contributed by atoms with Gasteiger partial charge in [-0.2, -0.15) is 0 Å². The number of aliphatic carboxylic acids is 2. The number of nitrogens with two attached hydrogens (primary N) is 3. The minimum atomic E-state index is -1.68. The van der Waals surface area contributed by atoms with Gasteiger partial charge in [-0.3, -0.25) is 28.8 Å². The van der Waals surface area contributed by atoms with Crippen molar-refractivity contribution in [3.8, 4) is 0 Å². The maximum Gasteiger partial charge on any atom is 0.326 e. The zero-order valence-electron chi connectivity index (χ0n) is 24.2. The summed E-state index contributed by atoms with van der Waals surface area (Å²) in [4.78, 5) is 94.8. The second kappa shape index (κ2) is 17.5. The largest absolute Gasteiger partial charge is 0.481 e. The second-order valence-corrected chi connectivity index (χ2v) is 10.5. The van der Waals surface area contributed by atoms with Crippen LogP contribution in [0.25, 0.3) is 0 Å². The van der Waals surface area contributed by atoms with Crippen molar-refractivity contribution in [3.05, 3.63) is 18.2 Å². The first kappa shape index (κ1) is 35.6. The van der Waals surface area contributed by atoms with Gasteiger partial charge in [0.2, 0.25) is 29.5 Å². The number of carbonyl (C=O) groups is 7. The van der Waals surface area contributed by atoms with E-state index in [1.54, 1.807) is 0 Å². The minimum Gasteiger partial charge on any atom is -0.481 e. The molecule has 2 rings (SSSR count). The van der Waals surface area contributed by atoms with Gasteiger partial charge in [0.05, 0.1) is 18.8 Å². The molecule has 1 aliphatic heterocycles. The zero-order valence-corrected chi connectivity index (χ0v) is 24.2. The number of aromatic nitrogens is 2. The third-order valence-corrected chi connectivity index (χ3v) is 7.04. The average Bonchev–Trinajstić information content (AvgIpc) is 3.66. The zero-order chi connectivity index (χ0) is 32.8. The molecule has 0 aromatic carbocycles. The number of nitrogens with zero attached hydrogens (tertiary/aromatic N) is 2. The molecular weight excluding hydrogens is 582 g/mol. The molecule has 2 heterocycles. The number of hydrogen-bond donors (Lipinski definition) is 9. The number of amides is 5. The molecule has 12 N–H and O–H groups in total. The topological polar surface area (TPSA) is 306 Å². The SMILES string of the molecule is NCCCC[C@H](NC(=O)[C@H](CC(=O)O)NC(=O)[C@H](Cc1cnc[nH]1)NC(=O)[C@@H]1CCCN1C(=O)[C@@H](N)CCC(N)=O)C(=O)O. The predicted octanol–water partition coefficient (Wildman–Crippen LogP) is -3.32. The highest BCUT2D eigenvalue weighted by Crippen LogP contribution is 2.19. The lowest BCUT2D eigenvalue weighted by atomic mass is 10.1. The van der Waals surface area contributed by atoms with Crippen LogP contribution in [0.15, 0.2) is 12.5 Å². The number of hydrogen-bond acceptors (Lipinski definition) is 10. The van der Waals surface area contributed by atoms with Crippen LogP contribution in [-0.2, 0) is 40.0 Å². The molecule has 0 aliphatic carbocycles. The number of carboxylic acid groups (broad SMARTS) is 2. The van der Waals surface area contributed by atoms with Crippen LogP contribution in [0.1, 0.15) is 57.1 Å². The first-order chi connectivity index (χ1) is 20.8. The molecule has 1 aliphatic rings. The summed E-state index contributed by atoms with van der Waals surface area (Å²) >= 11 is 0. The van der Waals surface area contributed by atoms with E-state index < -0.39 is 78.1 Å². The van der Waals surface area contributed by atoms with Crippen molar-refractivity contribution in [2.45, 2.75) is 88.0 Å². The summed E-state index contributed by atoms with van der Waals surface area (Å²) in [6.07, 6.45) is 3.27. The summed E-state index contributed by atoms with van der Waals surface area (Å²) in [5, 5.41) is 26.0. The number of unbranched alkanes of at least 4 members (excludes halogenated alkanes) is 1. The third-order valence-electron chi connectivity index (χ3n) is 7.04. The lowest BCUT2D eigenvalue weighted by Gasteiger charge is -2.28. The highest BCUT2D eigenvalue weighted by atomic mass is 16.4. The number of carboxylic acids is 2. The molecule has 44 heavy (non-hydrogen) atoms. The first-order valence-corrected chi connectivity index (χ1v) is 14.2. The number of H-pyrrole nitrogens is 1. The Morgan fingerprint density at radius 3 is 2.27 bits per heavy atom. The Balaban J connectivity index is 2.20. The van der Waals surface area contributed by atoms with E-state index in [1.807, 2.05) is 0 Å². The van der Waals surface area contributed by atoms with Gasteiger partial charge in [-0.15, -0.1) is 0 Å². The molecule has 18 heteroatoms. The number of imidazole rings is 1. The van der Waals surface area contributed by atoms with Gasteiger partial charge in [0, 0.05) is 31.3 Å². The quantitative estimate of drug-likeness (QED) is 0.0684. The summed E-state index contributed by atoms with van der Waals surface area (Å²) in [5.41, 5.74) is 16.9. The normalized spacial score (nSPS) is 17.1. The third kappa shape index (κ3) is 11.3. The van der Waals surface area contributed by atoms with Gasteiger partial charge in [-0.05, 0) is 45.1 Å². The van der Waals surface area contributed by atoms with E-state index >= 15 is 0 Å². The highest BCUT2D eigenvalue weighted by Gasteiger charge is 2.38. The van der Waals surface area contributed by atoms with Crippen LogP contribution in [0.3, 0.4) is 0 Å². The summed E-state index contributed by atoms with van der Waals surface area (Å²) < 4.78 is 0. The van der Waals surface area contributed by atoms with Gasteiger partial charge in [-0.25, -0.2) is 9.78 Å². The van der Waals surface area contributed by atoms with Crippen molar-refractivity contribution in [2.24, 2.45) is 17.2 Å². The monoisotopic (exact) mass is 623 g/mol. The molecule has 1 fully saturated rings. The van der Waals surface area contributed by atoms with E-state index in [4.69, 9.17) is 17.2 Å². The fraction of sp³-hybridized carbons (Fsp3) is 0.615. The molecular formula is C26H41N9O9. The first-order valence-electron chi connectivity index (χ1n) is 14.2. The van der Waals surface area contributed by atoms with Gasteiger partial charge < -0.3 is 53.2 Å². The van der Waals surface area contributed by atoms with Crippen molar-refractivity contribution in [2.75, 3.05) is 13.1 Å². The summed E-state index contributed by atoms with van der Waals surface area (Å²) in [6.45, 7) is 0.534. The van der Waals surface area contributed by atoms with Gasteiger partial charge in [0.25, 0.3) is 0 Å². The van der Waals surface area contributed by atoms with E-state index in [0.717, 1.165) is 0 Å². The van der Waals surface area contributed by atoms with Crippen LogP contribution in [0.2, 0.25) is 0 Å². The Kier molecular flexibility index (Phi) is 14.2. The van der Waals surface area contributed by atoms with Gasteiger partial charge in [0.15, 0.2) is 0 Å². The van der Waals surface area contributed by atoms with Crippen LogP contribution in [0.5, 0.6) is 0 Å². The number of rotatable bonds is 19. The summed E-state index contributed by atoms with van der Waals surface area (Å²) in [5.74, 6) is -6.63. The molecule has 0 radical (unpaired) electrons. The maximum absolute atomic E-state index is 13.4. The average molecular weight is 624 g/mol. The lowest BCUT2D eigenvalue weighted by molar-refractivity contribution is -0.144. The van der Waals surface area contributed by atoms with Crippen molar-refractivity contribution < 1.29 is 43.8 Å². The lowest BCUT2D eigenvalue weighted by Crippen LogP contribution is -2.59. The predicted molar refractivity (Wildman–Crippen MR) is 152 cm³/mol. The van der Waals surface area contributed by atoms with E-state index in [-0.39, 0.29) is 38.6 Å². The molecule has 5 amide bonds. The van der Waals surface area contributed by atoms with Crippen LogP contribution in [0, 0.1) is 0 Å². The highest BCUT2D eigenvalue weighted by molar-refractivity contribution is 5.96. The van der Waals surface area contributed by atoms with Crippen LogP contribution in [0.4, 0.5) is 0 Å². The Hall–Kier alpha value is -4.58. The van der Waals surface area contributed by atoms with Crippen molar-refractivity contribution in [3.63, 3.8) is 0 Å². The van der Waals surface area contributed by atoms with E-state index in [2.05, 4.69) is 25.9 Å². The second-order valence-electron chi connectivity index (χ2n) is 10.5. The molecule has 1 aromatic heterocycles. The summed E-state index contributed by atoms with van der Waals surface area (Å²) in [7, 11) is 0. The molecule has 0 unspecified atom stereocenters. The molecule has 5 atom stereocenters. The standard InChI is InChI=1S/C26H41N9O9/c27-8-2-1-4-16(26(43)44)32-23(40)18(11-21(37)38)33-22(39)17(10-14-12-30-13-31-14)34-24(41)19-5-3-9-35(19)25(42)15(28)6-7-20(29)36/h12-13,15-19H,1-11,27-28H2,(H2,29,36)(H,30,31)(H,32,40)(H,33,39)(H,34,41)(H,37,38)(H,43,44)/t15-,16-,17-,18-,19-/m0/s1. The fourth-order valence-electron chi connectivity index (χ4n) is 4.71. The molecule has 1 saturated heterocycles. The van der Waals surface area contributed by atoms with Crippen molar-refractivity contribution in [1.29, 1.82) is 0 Å². The number of nitrogens with one attached hydrogen (secondary N) is 4. The molecule has 244 valence electrons. The molecule has 0 saturated carbocycles. The minimum absolute atomic E-state index is 0.00730. The molecule has 1 aromatic rings. The maximum atomic E-state index is 13.4. The van der Waals surface area contributed by atoms with Gasteiger partial charge >= 0.3 is 11.9 Å². The smallest absolute Gasteiger partial charge is 0.326 e. The Morgan fingerprint density at radius 1 is 1.00 bits per heavy atom. The van der Waals surface area contributed by atoms with Crippen LogP contribution in [-0.4, -0.2) is 110 Å². The Morgan fingerprint density at radius 2 is 1.68 bits per heavy atom. The van der Waals surface area contributed by atoms with Crippen molar-refractivity contribution >= 4 is 41.5 Å². The fourth-order valence-corrected chi connectivity index (χ4v) is 4.71. The van der Waals surface area contributed by atoms with E-state index in [0.29, 0.717) is 31.5 Å². The van der Waals surface area contributed by atoms with E-state index in [1.165, 1.54) is 17.4 Å². The van der Waals surface area contributed by atoms with Gasteiger partial charge in [0.1, 0.15) is 24.2 Å². The summed E-state index contributed by atoms with van der Waals surface area (Å²) in [6, 6.07) is -6.43. The molecule has 0 spiro atoms. The van der Waals surface area contributed by atoms with Gasteiger partial charge in [-0.1, -0.05) is 0 Å².